The van der Waals surface area contributed by atoms with E-state index in [-0.39, 0.29) is 17.4 Å². The first-order valence-corrected chi connectivity index (χ1v) is 11.1. The number of carbonyl (C=O) groups is 1. The number of nitrogens with one attached hydrogen (secondary N) is 1. The van der Waals surface area contributed by atoms with Crippen LogP contribution in [0.4, 0.5) is 11.4 Å². The van der Waals surface area contributed by atoms with Gasteiger partial charge in [0.05, 0.1) is 10.6 Å². The van der Waals surface area contributed by atoms with Crippen molar-refractivity contribution in [3.8, 4) is 5.75 Å². The molecule has 0 aromatic heterocycles. The second-order valence-electron chi connectivity index (χ2n) is 6.77. The molecule has 0 aliphatic carbocycles. The van der Waals surface area contributed by atoms with Crippen LogP contribution in [0.3, 0.4) is 0 Å². The largest absolute Gasteiger partial charge is 0.484 e. The van der Waals surface area contributed by atoms with Gasteiger partial charge in [-0.3, -0.25) is 9.10 Å². The van der Waals surface area contributed by atoms with Gasteiger partial charge in [0, 0.05) is 17.3 Å². The van der Waals surface area contributed by atoms with Crippen LogP contribution >= 0.6 is 11.6 Å². The molecular weight excluding hydrogens is 424 g/mol. The zero-order valence-corrected chi connectivity index (χ0v) is 17.5. The second kappa shape index (κ2) is 8.38. The number of hydrogen-bond donors (Lipinski definition) is 1. The average molecular weight is 443 g/mol. The Morgan fingerprint density at radius 3 is 2.57 bits per heavy atom. The van der Waals surface area contributed by atoms with Crippen LogP contribution in [-0.4, -0.2) is 27.5 Å². The quantitative estimate of drug-likeness (QED) is 0.623. The molecule has 1 aliphatic heterocycles. The van der Waals surface area contributed by atoms with Crippen LogP contribution in [0.15, 0.2) is 77.7 Å². The Kier molecular flexibility index (Phi) is 5.65. The molecule has 1 amide bonds. The molecule has 1 aliphatic rings. The lowest BCUT2D eigenvalue weighted by Gasteiger charge is -2.19. The minimum absolute atomic E-state index is 0.176. The van der Waals surface area contributed by atoms with E-state index in [0.29, 0.717) is 29.4 Å². The van der Waals surface area contributed by atoms with Gasteiger partial charge in [-0.1, -0.05) is 35.9 Å². The number of amides is 1. The van der Waals surface area contributed by atoms with E-state index in [1.807, 2.05) is 24.3 Å². The summed E-state index contributed by atoms with van der Waals surface area (Å²) >= 11 is 5.89. The van der Waals surface area contributed by atoms with Crippen molar-refractivity contribution in [1.29, 1.82) is 0 Å². The Bertz CT molecular complexity index is 1180. The van der Waals surface area contributed by atoms with Crippen molar-refractivity contribution in [2.24, 2.45) is 0 Å². The van der Waals surface area contributed by atoms with Gasteiger partial charge in [-0.15, -0.1) is 0 Å². The van der Waals surface area contributed by atoms with Gasteiger partial charge in [0.25, 0.3) is 15.9 Å². The summed E-state index contributed by atoms with van der Waals surface area (Å²) in [4.78, 5) is 12.2. The molecule has 30 heavy (non-hydrogen) atoms. The first-order valence-electron chi connectivity index (χ1n) is 9.32. The highest BCUT2D eigenvalue weighted by molar-refractivity contribution is 7.92. The lowest BCUT2D eigenvalue weighted by Crippen LogP contribution is -2.29. The monoisotopic (exact) mass is 442 g/mol. The SMILES string of the molecule is O=C(COc1ccc(S(=O)(=O)N2CCc3ccccc32)cc1)Nc1cccc(Cl)c1. The summed E-state index contributed by atoms with van der Waals surface area (Å²) in [5.74, 6) is 0.0552. The van der Waals surface area contributed by atoms with Crippen molar-refractivity contribution in [2.45, 2.75) is 11.3 Å². The molecule has 8 heteroatoms. The standard InChI is InChI=1S/C22H19ClN2O4S/c23-17-5-3-6-18(14-17)24-22(26)15-29-19-8-10-20(11-9-19)30(27,28)25-13-12-16-4-1-2-7-21(16)25/h1-11,14H,12-13,15H2,(H,24,26). The summed E-state index contributed by atoms with van der Waals surface area (Å²) in [7, 11) is -3.66. The normalized spacial score (nSPS) is 13.0. The van der Waals surface area contributed by atoms with Crippen molar-refractivity contribution in [3.63, 3.8) is 0 Å². The molecule has 6 nitrogen and oxygen atoms in total. The number of halogens is 1. The molecule has 0 bridgehead atoms. The van der Waals surface area contributed by atoms with Crippen LogP contribution in [0.1, 0.15) is 5.56 Å². The van der Waals surface area contributed by atoms with E-state index >= 15 is 0 Å². The summed E-state index contributed by atoms with van der Waals surface area (Å²) in [5, 5.41) is 3.20. The maximum Gasteiger partial charge on any atom is 0.264 e. The topological polar surface area (TPSA) is 75.7 Å². The third-order valence-electron chi connectivity index (χ3n) is 4.73. The molecule has 1 heterocycles. The molecule has 4 rings (SSSR count). The van der Waals surface area contributed by atoms with E-state index in [9.17, 15) is 13.2 Å². The summed E-state index contributed by atoms with van der Waals surface area (Å²) in [6.45, 7) is 0.210. The number of nitrogens with zero attached hydrogens (tertiary/aromatic N) is 1. The molecule has 0 radical (unpaired) electrons. The molecule has 0 spiro atoms. The van der Waals surface area contributed by atoms with Crippen LogP contribution in [-0.2, 0) is 21.2 Å². The van der Waals surface area contributed by atoms with Gasteiger partial charge >= 0.3 is 0 Å². The van der Waals surface area contributed by atoms with E-state index in [1.165, 1.54) is 16.4 Å². The molecule has 0 saturated carbocycles. The zero-order chi connectivity index (χ0) is 21.1. The Balaban J connectivity index is 1.40. The van der Waals surface area contributed by atoms with Gasteiger partial charge in [0.15, 0.2) is 6.61 Å². The summed E-state index contributed by atoms with van der Waals surface area (Å²) < 4.78 is 32.9. The summed E-state index contributed by atoms with van der Waals surface area (Å²) in [5.41, 5.74) is 2.31. The van der Waals surface area contributed by atoms with Gasteiger partial charge in [0.2, 0.25) is 0 Å². The number of benzene rings is 3. The maximum atomic E-state index is 13.0. The lowest BCUT2D eigenvalue weighted by molar-refractivity contribution is -0.118. The van der Waals surface area contributed by atoms with Crippen molar-refractivity contribution < 1.29 is 17.9 Å². The number of ether oxygens (including phenoxy) is 1. The van der Waals surface area contributed by atoms with E-state index in [4.69, 9.17) is 16.3 Å². The van der Waals surface area contributed by atoms with Crippen molar-refractivity contribution >= 4 is 38.9 Å². The molecule has 154 valence electrons. The zero-order valence-electron chi connectivity index (χ0n) is 15.9. The smallest absolute Gasteiger partial charge is 0.264 e. The van der Waals surface area contributed by atoms with Gasteiger partial charge in [0.1, 0.15) is 5.75 Å². The highest BCUT2D eigenvalue weighted by Crippen LogP contribution is 2.33. The van der Waals surface area contributed by atoms with E-state index < -0.39 is 10.0 Å². The van der Waals surface area contributed by atoms with Gasteiger partial charge in [-0.2, -0.15) is 0 Å². The van der Waals surface area contributed by atoms with Crippen LogP contribution in [0.25, 0.3) is 0 Å². The first-order chi connectivity index (χ1) is 14.4. The van der Waals surface area contributed by atoms with Crippen LogP contribution in [0.2, 0.25) is 5.02 Å². The fourth-order valence-electron chi connectivity index (χ4n) is 3.30. The van der Waals surface area contributed by atoms with Gasteiger partial charge in [-0.05, 0) is 60.5 Å². The number of para-hydroxylation sites is 1. The number of sulfonamides is 1. The molecule has 3 aromatic rings. The van der Waals surface area contributed by atoms with Crippen molar-refractivity contribution in [1.82, 2.24) is 0 Å². The molecule has 0 fully saturated rings. The fourth-order valence-corrected chi connectivity index (χ4v) is 5.00. The highest BCUT2D eigenvalue weighted by Gasteiger charge is 2.30. The van der Waals surface area contributed by atoms with Crippen molar-refractivity contribution in [3.05, 3.63) is 83.4 Å². The van der Waals surface area contributed by atoms with Gasteiger partial charge in [-0.25, -0.2) is 8.42 Å². The van der Waals surface area contributed by atoms with E-state index in [0.717, 1.165) is 11.3 Å². The Morgan fingerprint density at radius 2 is 1.80 bits per heavy atom. The number of carbonyl (C=O) groups excluding carboxylic acids is 1. The Morgan fingerprint density at radius 1 is 1.03 bits per heavy atom. The molecule has 0 saturated heterocycles. The number of hydrogen-bond acceptors (Lipinski definition) is 4. The predicted octanol–water partition coefficient (Wildman–Crippen LogP) is 4.11. The minimum atomic E-state index is -3.66. The van der Waals surface area contributed by atoms with Crippen LogP contribution < -0.4 is 14.4 Å². The molecule has 0 atom stereocenters. The van der Waals surface area contributed by atoms with E-state index in [2.05, 4.69) is 5.32 Å². The predicted molar refractivity (Wildman–Crippen MR) is 117 cm³/mol. The number of fused-ring (bicyclic) bond motifs is 1. The maximum absolute atomic E-state index is 13.0. The van der Waals surface area contributed by atoms with E-state index in [1.54, 1.807) is 36.4 Å². The first kappa shape index (κ1) is 20.3. The molecule has 1 N–H and O–H groups in total. The number of anilines is 2. The summed E-state index contributed by atoms with van der Waals surface area (Å²) in [6.07, 6.45) is 0.693. The molecular formula is C22H19ClN2O4S. The van der Waals surface area contributed by atoms with Crippen LogP contribution in [0.5, 0.6) is 5.75 Å². The number of rotatable bonds is 6. The molecule has 3 aromatic carbocycles. The van der Waals surface area contributed by atoms with Crippen LogP contribution in [0, 0.1) is 0 Å². The van der Waals surface area contributed by atoms with Crippen molar-refractivity contribution in [2.75, 3.05) is 22.8 Å². The third-order valence-corrected chi connectivity index (χ3v) is 6.80. The minimum Gasteiger partial charge on any atom is -0.484 e. The lowest BCUT2D eigenvalue weighted by atomic mass is 10.2. The highest BCUT2D eigenvalue weighted by atomic mass is 35.5. The Labute approximate surface area is 180 Å². The molecule has 0 unspecified atom stereocenters. The fraction of sp³-hybridized carbons (Fsp3) is 0.136. The average Bonchev–Trinajstić information content (AvgIpc) is 3.18. The van der Waals surface area contributed by atoms with Gasteiger partial charge < -0.3 is 10.1 Å². The second-order valence-corrected chi connectivity index (χ2v) is 9.07. The Hall–Kier alpha value is -3.03. The third kappa shape index (κ3) is 4.27. The summed E-state index contributed by atoms with van der Waals surface area (Å²) in [6, 6.07) is 20.4.